The molecule has 0 radical (unpaired) electrons. The summed E-state index contributed by atoms with van der Waals surface area (Å²) in [5.74, 6) is -1.40. The van der Waals surface area contributed by atoms with Crippen molar-refractivity contribution in [2.24, 2.45) is 11.8 Å². The van der Waals surface area contributed by atoms with Crippen molar-refractivity contribution in [3.8, 4) is 0 Å². The monoisotopic (exact) mass is 303 g/mol. The second-order valence-corrected chi connectivity index (χ2v) is 6.06. The quantitative estimate of drug-likeness (QED) is 0.928. The van der Waals surface area contributed by atoms with E-state index in [1.54, 1.807) is 4.90 Å². The molecule has 2 aliphatic rings. The number of likely N-dealkylation sites (tertiary alicyclic amines) is 1. The molecule has 3 unspecified atom stereocenters. The van der Waals surface area contributed by atoms with Gasteiger partial charge in [-0.05, 0) is 24.8 Å². The number of amides is 1. The maximum Gasteiger partial charge on any atom is 0.308 e. The second-order valence-electron chi connectivity index (χ2n) is 6.06. The summed E-state index contributed by atoms with van der Waals surface area (Å²) in [4.78, 5) is 25.6. The fraction of sp³-hybridized carbons (Fsp3) is 0.529. The van der Waals surface area contributed by atoms with Gasteiger partial charge in [0.2, 0.25) is 5.91 Å². The summed E-state index contributed by atoms with van der Waals surface area (Å²) in [6.45, 7) is 1.53. The van der Waals surface area contributed by atoms with Crippen molar-refractivity contribution in [1.29, 1.82) is 0 Å². The lowest BCUT2D eigenvalue weighted by Crippen LogP contribution is -2.40. The van der Waals surface area contributed by atoms with Crippen LogP contribution in [0.1, 0.15) is 30.9 Å². The molecule has 2 fully saturated rings. The van der Waals surface area contributed by atoms with E-state index < -0.39 is 11.9 Å². The van der Waals surface area contributed by atoms with Gasteiger partial charge in [0, 0.05) is 19.7 Å². The van der Waals surface area contributed by atoms with E-state index in [1.807, 2.05) is 30.3 Å². The number of benzene rings is 1. The molecule has 5 heteroatoms. The zero-order valence-corrected chi connectivity index (χ0v) is 12.5. The predicted octanol–water partition coefficient (Wildman–Crippen LogP) is 2.09. The topological polar surface area (TPSA) is 66.8 Å². The Labute approximate surface area is 129 Å². The Balaban J connectivity index is 1.74. The Kier molecular flexibility index (Phi) is 4.43. The van der Waals surface area contributed by atoms with E-state index in [0.29, 0.717) is 26.1 Å². The lowest BCUT2D eigenvalue weighted by atomic mass is 9.88. The molecule has 1 N–H and O–H groups in total. The number of nitrogens with zero attached hydrogens (tertiary/aromatic N) is 1. The molecular weight excluding hydrogens is 282 g/mol. The van der Waals surface area contributed by atoms with Crippen molar-refractivity contribution in [2.45, 2.75) is 25.4 Å². The third-order valence-electron chi connectivity index (χ3n) is 4.62. The highest BCUT2D eigenvalue weighted by Gasteiger charge is 2.39. The Morgan fingerprint density at radius 3 is 2.64 bits per heavy atom. The molecule has 22 heavy (non-hydrogen) atoms. The van der Waals surface area contributed by atoms with Gasteiger partial charge in [0.05, 0.1) is 17.9 Å². The van der Waals surface area contributed by atoms with Crippen molar-refractivity contribution < 1.29 is 19.4 Å². The van der Waals surface area contributed by atoms with Crippen LogP contribution >= 0.6 is 0 Å². The lowest BCUT2D eigenvalue weighted by molar-refractivity contribution is -0.145. The first-order valence-corrected chi connectivity index (χ1v) is 7.85. The van der Waals surface area contributed by atoms with Gasteiger partial charge < -0.3 is 14.7 Å². The SMILES string of the molecule is O=C(O)C1CCN(C(=O)C2CCCOC2c2ccccc2)C1. The van der Waals surface area contributed by atoms with Gasteiger partial charge in [-0.2, -0.15) is 0 Å². The number of carbonyl (C=O) groups excluding carboxylic acids is 1. The summed E-state index contributed by atoms with van der Waals surface area (Å²) in [6, 6.07) is 9.82. The Morgan fingerprint density at radius 2 is 1.95 bits per heavy atom. The van der Waals surface area contributed by atoms with Gasteiger partial charge in [0.25, 0.3) is 0 Å². The molecule has 2 heterocycles. The first-order chi connectivity index (χ1) is 10.7. The predicted molar refractivity (Wildman–Crippen MR) is 80.2 cm³/mol. The van der Waals surface area contributed by atoms with Crippen molar-refractivity contribution >= 4 is 11.9 Å². The van der Waals surface area contributed by atoms with Gasteiger partial charge in [-0.15, -0.1) is 0 Å². The van der Waals surface area contributed by atoms with Crippen LogP contribution in [0.25, 0.3) is 0 Å². The molecule has 3 atom stereocenters. The maximum atomic E-state index is 12.8. The van der Waals surface area contributed by atoms with Gasteiger partial charge in [-0.3, -0.25) is 9.59 Å². The van der Waals surface area contributed by atoms with Gasteiger partial charge >= 0.3 is 5.97 Å². The van der Waals surface area contributed by atoms with Crippen LogP contribution in [-0.2, 0) is 14.3 Å². The van der Waals surface area contributed by atoms with Crippen LogP contribution in [0, 0.1) is 11.8 Å². The number of rotatable bonds is 3. The number of hydrogen-bond acceptors (Lipinski definition) is 3. The molecule has 1 aromatic rings. The molecule has 3 rings (SSSR count). The van der Waals surface area contributed by atoms with Crippen LogP contribution in [0.3, 0.4) is 0 Å². The molecular formula is C17H21NO4. The highest BCUT2D eigenvalue weighted by molar-refractivity contribution is 5.81. The van der Waals surface area contributed by atoms with E-state index in [0.717, 1.165) is 18.4 Å². The largest absolute Gasteiger partial charge is 0.481 e. The number of carbonyl (C=O) groups is 2. The third-order valence-corrected chi connectivity index (χ3v) is 4.62. The van der Waals surface area contributed by atoms with E-state index >= 15 is 0 Å². The first kappa shape index (κ1) is 15.0. The molecule has 0 bridgehead atoms. The summed E-state index contributed by atoms with van der Waals surface area (Å²) < 4.78 is 5.87. The molecule has 0 aliphatic carbocycles. The Morgan fingerprint density at radius 1 is 1.18 bits per heavy atom. The van der Waals surface area contributed by atoms with Gasteiger partial charge in [-0.1, -0.05) is 30.3 Å². The number of aliphatic carboxylic acids is 1. The Hall–Kier alpha value is -1.88. The van der Waals surface area contributed by atoms with E-state index in [2.05, 4.69) is 0 Å². The summed E-state index contributed by atoms with van der Waals surface area (Å²) in [7, 11) is 0. The van der Waals surface area contributed by atoms with Crippen LogP contribution in [0.4, 0.5) is 0 Å². The van der Waals surface area contributed by atoms with Crippen molar-refractivity contribution in [3.05, 3.63) is 35.9 Å². The zero-order valence-electron chi connectivity index (χ0n) is 12.5. The molecule has 1 aromatic carbocycles. The molecule has 1 amide bonds. The fourth-order valence-electron chi connectivity index (χ4n) is 3.40. The minimum atomic E-state index is -0.810. The summed E-state index contributed by atoms with van der Waals surface area (Å²) in [5.41, 5.74) is 1.02. The van der Waals surface area contributed by atoms with E-state index in [-0.39, 0.29) is 17.9 Å². The molecule has 5 nitrogen and oxygen atoms in total. The number of carboxylic acid groups (broad SMARTS) is 1. The van der Waals surface area contributed by atoms with Crippen LogP contribution in [0.5, 0.6) is 0 Å². The molecule has 2 aliphatic heterocycles. The standard InChI is InChI=1S/C17H21NO4/c19-16(18-9-8-13(11-18)17(20)21)14-7-4-10-22-15(14)12-5-2-1-3-6-12/h1-3,5-6,13-15H,4,7-11H2,(H,20,21). The van der Waals surface area contributed by atoms with Crippen LogP contribution in [0.2, 0.25) is 0 Å². The van der Waals surface area contributed by atoms with Crippen molar-refractivity contribution in [3.63, 3.8) is 0 Å². The number of ether oxygens (including phenoxy) is 1. The van der Waals surface area contributed by atoms with Gasteiger partial charge in [0.15, 0.2) is 0 Å². The van der Waals surface area contributed by atoms with Crippen molar-refractivity contribution in [2.75, 3.05) is 19.7 Å². The van der Waals surface area contributed by atoms with Crippen LogP contribution in [-0.4, -0.2) is 41.6 Å². The van der Waals surface area contributed by atoms with Gasteiger partial charge in [0.1, 0.15) is 0 Å². The second kappa shape index (κ2) is 6.48. The highest BCUT2D eigenvalue weighted by atomic mass is 16.5. The van der Waals surface area contributed by atoms with Gasteiger partial charge in [-0.25, -0.2) is 0 Å². The summed E-state index contributed by atoms with van der Waals surface area (Å²) >= 11 is 0. The van der Waals surface area contributed by atoms with Crippen molar-refractivity contribution in [1.82, 2.24) is 4.90 Å². The lowest BCUT2D eigenvalue weighted by Gasteiger charge is -2.33. The average molecular weight is 303 g/mol. The normalized spacial score (nSPS) is 28.5. The average Bonchev–Trinajstić information content (AvgIpc) is 3.05. The smallest absolute Gasteiger partial charge is 0.308 e. The van der Waals surface area contributed by atoms with Crippen LogP contribution < -0.4 is 0 Å². The molecule has 2 saturated heterocycles. The minimum absolute atomic E-state index is 0.0392. The maximum absolute atomic E-state index is 12.8. The van der Waals surface area contributed by atoms with E-state index in [4.69, 9.17) is 9.84 Å². The third kappa shape index (κ3) is 2.99. The zero-order chi connectivity index (χ0) is 15.5. The molecule has 0 spiro atoms. The van der Waals surface area contributed by atoms with Crippen LogP contribution in [0.15, 0.2) is 30.3 Å². The molecule has 0 saturated carbocycles. The minimum Gasteiger partial charge on any atom is -0.481 e. The number of carboxylic acids is 1. The molecule has 0 aromatic heterocycles. The first-order valence-electron chi connectivity index (χ1n) is 7.85. The fourth-order valence-corrected chi connectivity index (χ4v) is 3.40. The summed E-state index contributed by atoms with van der Waals surface area (Å²) in [5, 5.41) is 9.09. The van der Waals surface area contributed by atoms with E-state index in [1.165, 1.54) is 0 Å². The Bertz CT molecular complexity index is 545. The number of hydrogen-bond donors (Lipinski definition) is 1. The molecule has 118 valence electrons. The highest BCUT2D eigenvalue weighted by Crippen LogP contribution is 2.35. The summed E-state index contributed by atoms with van der Waals surface area (Å²) in [6.07, 6.45) is 2.00. The van der Waals surface area contributed by atoms with E-state index in [9.17, 15) is 9.59 Å².